The maximum Gasteiger partial charge on any atom is 0.274 e. The fourth-order valence-corrected chi connectivity index (χ4v) is 1.33. The zero-order valence-electron chi connectivity index (χ0n) is 8.52. The number of nitrogens with zero attached hydrogens (tertiary/aromatic N) is 2. The van der Waals surface area contributed by atoms with Crippen LogP contribution in [0.5, 0.6) is 0 Å². The third kappa shape index (κ3) is 2.98. The molecule has 2 rings (SSSR count). The molecule has 0 unspecified atom stereocenters. The molecule has 0 spiro atoms. The molecule has 0 bridgehead atoms. The fourth-order valence-electron chi connectivity index (χ4n) is 1.17. The first-order valence-electron chi connectivity index (χ1n) is 4.69. The summed E-state index contributed by atoms with van der Waals surface area (Å²) < 4.78 is 12.5. The molecule has 0 aliphatic heterocycles. The molecule has 2 aromatic heterocycles. The number of amides is 1. The van der Waals surface area contributed by atoms with Gasteiger partial charge < -0.3 is 5.32 Å². The highest BCUT2D eigenvalue weighted by Gasteiger charge is 2.08. The Morgan fingerprint density at radius 2 is 2.12 bits per heavy atom. The first-order valence-corrected chi connectivity index (χ1v) is 5.07. The van der Waals surface area contributed by atoms with E-state index in [1.54, 1.807) is 6.07 Å². The van der Waals surface area contributed by atoms with Crippen LogP contribution in [0, 0.1) is 5.95 Å². The summed E-state index contributed by atoms with van der Waals surface area (Å²) in [6.07, 6.45) is 2.65. The molecule has 0 fully saturated rings. The maximum absolute atomic E-state index is 12.5. The molecule has 17 heavy (non-hydrogen) atoms. The highest BCUT2D eigenvalue weighted by Crippen LogP contribution is 2.11. The lowest BCUT2D eigenvalue weighted by Gasteiger charge is -2.03. The predicted molar refractivity (Wildman–Crippen MR) is 61.4 cm³/mol. The van der Waals surface area contributed by atoms with Gasteiger partial charge in [-0.2, -0.15) is 4.39 Å². The van der Waals surface area contributed by atoms with Gasteiger partial charge in [0.05, 0.1) is 11.9 Å². The second-order valence-electron chi connectivity index (χ2n) is 3.18. The van der Waals surface area contributed by atoms with Gasteiger partial charge in [-0.25, -0.2) is 4.98 Å². The minimum Gasteiger partial charge on any atom is -0.319 e. The molecular weight excluding hydrogens is 245 g/mol. The molecule has 0 aromatic carbocycles. The van der Waals surface area contributed by atoms with Crippen LogP contribution in [0.25, 0.3) is 0 Å². The number of anilines is 1. The summed E-state index contributed by atoms with van der Waals surface area (Å²) in [4.78, 5) is 19.0. The van der Waals surface area contributed by atoms with Crippen molar-refractivity contribution in [3.8, 4) is 0 Å². The van der Waals surface area contributed by atoms with Crippen LogP contribution in [0.1, 0.15) is 10.5 Å². The van der Waals surface area contributed by atoms with E-state index in [0.717, 1.165) is 6.07 Å². The zero-order chi connectivity index (χ0) is 12.3. The Bertz CT molecular complexity index is 545. The second-order valence-corrected chi connectivity index (χ2v) is 3.62. The number of hydrogen-bond acceptors (Lipinski definition) is 3. The molecule has 0 saturated carbocycles. The summed E-state index contributed by atoms with van der Waals surface area (Å²) in [5, 5.41) is 2.94. The van der Waals surface area contributed by atoms with Gasteiger partial charge in [-0.3, -0.25) is 9.78 Å². The van der Waals surface area contributed by atoms with Crippen molar-refractivity contribution >= 4 is 23.2 Å². The Kier molecular flexibility index (Phi) is 3.30. The SMILES string of the molecule is O=C(Nc1ccc(F)nc1)c1cc(Cl)ccn1. The molecule has 1 N–H and O–H groups in total. The monoisotopic (exact) mass is 251 g/mol. The Hall–Kier alpha value is -2.01. The summed E-state index contributed by atoms with van der Waals surface area (Å²) in [7, 11) is 0. The molecule has 0 aliphatic carbocycles. The summed E-state index contributed by atoms with van der Waals surface area (Å²) in [6.45, 7) is 0. The molecule has 2 heterocycles. The van der Waals surface area contributed by atoms with Gasteiger partial charge in [0.25, 0.3) is 5.91 Å². The Balaban J connectivity index is 2.14. The van der Waals surface area contributed by atoms with Crippen molar-refractivity contribution in [1.29, 1.82) is 0 Å². The minimum absolute atomic E-state index is 0.182. The number of nitrogens with one attached hydrogen (secondary N) is 1. The van der Waals surface area contributed by atoms with Gasteiger partial charge in [0.2, 0.25) is 5.95 Å². The normalized spacial score (nSPS) is 10.0. The van der Waals surface area contributed by atoms with Crippen LogP contribution in [-0.4, -0.2) is 15.9 Å². The van der Waals surface area contributed by atoms with E-state index >= 15 is 0 Å². The van der Waals surface area contributed by atoms with Crippen LogP contribution >= 0.6 is 11.6 Å². The Morgan fingerprint density at radius 1 is 1.29 bits per heavy atom. The molecular formula is C11H7ClFN3O. The average molecular weight is 252 g/mol. The molecule has 86 valence electrons. The summed E-state index contributed by atoms with van der Waals surface area (Å²) in [6, 6.07) is 5.57. The molecule has 0 radical (unpaired) electrons. The van der Waals surface area contributed by atoms with Crippen molar-refractivity contribution in [2.45, 2.75) is 0 Å². The summed E-state index contributed by atoms with van der Waals surface area (Å²) in [5.74, 6) is -1.04. The fraction of sp³-hybridized carbons (Fsp3) is 0. The van der Waals surface area contributed by atoms with Crippen molar-refractivity contribution < 1.29 is 9.18 Å². The van der Waals surface area contributed by atoms with Crippen molar-refractivity contribution in [2.75, 3.05) is 5.32 Å². The van der Waals surface area contributed by atoms with E-state index in [2.05, 4.69) is 15.3 Å². The maximum atomic E-state index is 12.5. The number of rotatable bonds is 2. The van der Waals surface area contributed by atoms with Crippen molar-refractivity contribution in [3.05, 3.63) is 53.3 Å². The number of carbonyl (C=O) groups excluding carboxylic acids is 1. The Morgan fingerprint density at radius 3 is 2.76 bits per heavy atom. The standard InChI is InChI=1S/C11H7ClFN3O/c12-7-3-4-14-9(5-7)11(17)16-8-1-2-10(13)15-6-8/h1-6H,(H,16,17). The third-order valence-corrected chi connectivity index (χ3v) is 2.17. The zero-order valence-corrected chi connectivity index (χ0v) is 9.28. The van der Waals surface area contributed by atoms with Gasteiger partial charge in [0.15, 0.2) is 0 Å². The van der Waals surface area contributed by atoms with Gasteiger partial charge in [-0.15, -0.1) is 0 Å². The quantitative estimate of drug-likeness (QED) is 0.835. The predicted octanol–water partition coefficient (Wildman–Crippen LogP) is 2.52. The van der Waals surface area contributed by atoms with E-state index in [4.69, 9.17) is 11.6 Å². The molecule has 1 amide bonds. The van der Waals surface area contributed by atoms with Crippen LogP contribution in [-0.2, 0) is 0 Å². The van der Waals surface area contributed by atoms with Crippen LogP contribution in [0.2, 0.25) is 5.02 Å². The van der Waals surface area contributed by atoms with E-state index in [1.165, 1.54) is 24.5 Å². The summed E-state index contributed by atoms with van der Waals surface area (Å²) >= 11 is 5.73. The van der Waals surface area contributed by atoms with Crippen molar-refractivity contribution in [1.82, 2.24) is 9.97 Å². The highest BCUT2D eigenvalue weighted by molar-refractivity contribution is 6.30. The van der Waals surface area contributed by atoms with Crippen molar-refractivity contribution in [2.24, 2.45) is 0 Å². The van der Waals surface area contributed by atoms with E-state index in [1.807, 2.05) is 0 Å². The first kappa shape index (κ1) is 11.5. The largest absolute Gasteiger partial charge is 0.319 e. The minimum atomic E-state index is -0.608. The first-order chi connectivity index (χ1) is 8.15. The van der Waals surface area contributed by atoms with Crippen molar-refractivity contribution in [3.63, 3.8) is 0 Å². The molecule has 6 heteroatoms. The third-order valence-electron chi connectivity index (χ3n) is 1.94. The van der Waals surface area contributed by atoms with Gasteiger partial charge >= 0.3 is 0 Å². The highest BCUT2D eigenvalue weighted by atomic mass is 35.5. The molecule has 0 aliphatic rings. The van der Waals surface area contributed by atoms with E-state index in [9.17, 15) is 9.18 Å². The van der Waals surface area contributed by atoms with E-state index < -0.39 is 11.9 Å². The number of hydrogen-bond donors (Lipinski definition) is 1. The second kappa shape index (κ2) is 4.88. The lowest BCUT2D eigenvalue weighted by Crippen LogP contribution is -2.13. The molecule has 4 nitrogen and oxygen atoms in total. The number of carbonyl (C=O) groups is 1. The van der Waals surface area contributed by atoms with Crippen LogP contribution < -0.4 is 5.32 Å². The summed E-state index contributed by atoms with van der Waals surface area (Å²) in [5.41, 5.74) is 0.569. The van der Waals surface area contributed by atoms with Crippen LogP contribution in [0.15, 0.2) is 36.7 Å². The lowest BCUT2D eigenvalue weighted by atomic mass is 10.3. The van der Waals surface area contributed by atoms with Gasteiger partial charge in [-0.05, 0) is 24.3 Å². The van der Waals surface area contributed by atoms with Gasteiger partial charge in [0.1, 0.15) is 5.69 Å². The Labute approximate surface area is 101 Å². The molecule has 0 saturated heterocycles. The average Bonchev–Trinajstić information content (AvgIpc) is 2.32. The molecule has 0 atom stereocenters. The van der Waals surface area contributed by atoms with E-state index in [0.29, 0.717) is 10.7 Å². The number of aromatic nitrogens is 2. The van der Waals surface area contributed by atoms with Gasteiger partial charge in [-0.1, -0.05) is 11.6 Å². The lowest BCUT2D eigenvalue weighted by molar-refractivity contribution is 0.102. The molecule has 2 aromatic rings. The topological polar surface area (TPSA) is 54.9 Å². The number of pyridine rings is 2. The van der Waals surface area contributed by atoms with Gasteiger partial charge in [0, 0.05) is 11.2 Å². The number of halogens is 2. The van der Waals surface area contributed by atoms with E-state index in [-0.39, 0.29) is 5.69 Å². The van der Waals surface area contributed by atoms with Crippen LogP contribution in [0.3, 0.4) is 0 Å². The smallest absolute Gasteiger partial charge is 0.274 e. The van der Waals surface area contributed by atoms with Crippen LogP contribution in [0.4, 0.5) is 10.1 Å².